The van der Waals surface area contributed by atoms with E-state index in [-0.39, 0.29) is 5.78 Å². The van der Waals surface area contributed by atoms with Gasteiger partial charge in [0.05, 0.1) is 9.90 Å². The Hall–Kier alpha value is -0.160. The largest absolute Gasteiger partial charge is 0.288 e. The van der Waals surface area contributed by atoms with Gasteiger partial charge in [0.2, 0.25) is 5.78 Å². The van der Waals surface area contributed by atoms with Crippen molar-refractivity contribution in [3.63, 3.8) is 0 Å². The van der Waals surface area contributed by atoms with Gasteiger partial charge in [-0.2, -0.15) is 0 Å². The number of carbonyl (C=O) groups is 1. The SMILES string of the molecule is O=C(c1cc(Br)cc(Br)c1)c1sccc1Cl. The quantitative estimate of drug-likeness (QED) is 0.658. The van der Waals surface area contributed by atoms with Crippen molar-refractivity contribution in [2.24, 2.45) is 0 Å². The maximum atomic E-state index is 12.1. The number of hydrogen-bond donors (Lipinski definition) is 0. The van der Waals surface area contributed by atoms with Gasteiger partial charge in [-0.1, -0.05) is 43.5 Å². The number of hydrogen-bond acceptors (Lipinski definition) is 2. The van der Waals surface area contributed by atoms with Crippen LogP contribution in [0.1, 0.15) is 15.2 Å². The molecular formula is C11H5Br2ClOS. The summed E-state index contributed by atoms with van der Waals surface area (Å²) in [7, 11) is 0. The lowest BCUT2D eigenvalue weighted by atomic mass is 10.1. The van der Waals surface area contributed by atoms with Crippen LogP contribution in [-0.2, 0) is 0 Å². The third-order valence-electron chi connectivity index (χ3n) is 1.95. The minimum Gasteiger partial charge on any atom is -0.288 e. The van der Waals surface area contributed by atoms with Crippen molar-refractivity contribution >= 4 is 60.6 Å². The number of benzene rings is 1. The van der Waals surface area contributed by atoms with Crippen LogP contribution in [0.25, 0.3) is 0 Å². The number of rotatable bonds is 2. The lowest BCUT2D eigenvalue weighted by molar-refractivity contribution is 0.104. The molecule has 0 unspecified atom stereocenters. The standard InChI is InChI=1S/C11H5Br2ClOS/c12-7-3-6(4-8(13)5-7)10(15)11-9(14)1-2-16-11/h1-5H. The van der Waals surface area contributed by atoms with Gasteiger partial charge in [-0.15, -0.1) is 11.3 Å². The summed E-state index contributed by atoms with van der Waals surface area (Å²) in [4.78, 5) is 12.7. The lowest BCUT2D eigenvalue weighted by Gasteiger charge is -2.01. The highest BCUT2D eigenvalue weighted by Gasteiger charge is 2.15. The van der Waals surface area contributed by atoms with Gasteiger partial charge in [0.15, 0.2) is 0 Å². The molecule has 0 saturated heterocycles. The van der Waals surface area contributed by atoms with Crippen LogP contribution in [-0.4, -0.2) is 5.78 Å². The average Bonchev–Trinajstić information content (AvgIpc) is 2.62. The van der Waals surface area contributed by atoms with Crippen molar-refractivity contribution in [3.8, 4) is 0 Å². The fourth-order valence-corrected chi connectivity index (χ4v) is 3.67. The van der Waals surface area contributed by atoms with Crippen LogP contribution in [0, 0.1) is 0 Å². The molecule has 0 radical (unpaired) electrons. The molecule has 0 bridgehead atoms. The maximum absolute atomic E-state index is 12.1. The second-order valence-corrected chi connectivity index (χ2v) is 6.24. The Bertz CT molecular complexity index is 530. The molecule has 0 atom stereocenters. The minimum absolute atomic E-state index is 0.0537. The van der Waals surface area contributed by atoms with Gasteiger partial charge in [-0.3, -0.25) is 4.79 Å². The molecule has 82 valence electrons. The van der Waals surface area contributed by atoms with Crippen molar-refractivity contribution < 1.29 is 4.79 Å². The van der Waals surface area contributed by atoms with E-state index in [1.165, 1.54) is 11.3 Å². The van der Waals surface area contributed by atoms with Gasteiger partial charge in [0, 0.05) is 14.5 Å². The summed E-state index contributed by atoms with van der Waals surface area (Å²) >= 11 is 14.0. The van der Waals surface area contributed by atoms with Crippen molar-refractivity contribution in [3.05, 3.63) is 54.1 Å². The predicted octanol–water partition coefficient (Wildman–Crippen LogP) is 5.16. The number of ketones is 1. The molecule has 2 aromatic rings. The van der Waals surface area contributed by atoms with Crippen LogP contribution in [0.5, 0.6) is 0 Å². The minimum atomic E-state index is -0.0537. The second-order valence-electron chi connectivity index (χ2n) is 3.08. The topological polar surface area (TPSA) is 17.1 Å². The van der Waals surface area contributed by atoms with E-state index in [0.29, 0.717) is 15.5 Å². The molecule has 0 aliphatic carbocycles. The highest BCUT2D eigenvalue weighted by Crippen LogP contribution is 2.27. The first-order chi connectivity index (χ1) is 7.58. The van der Waals surface area contributed by atoms with Crippen molar-refractivity contribution in [1.29, 1.82) is 0 Å². The van der Waals surface area contributed by atoms with E-state index < -0.39 is 0 Å². The summed E-state index contributed by atoms with van der Waals surface area (Å²) < 4.78 is 1.72. The summed E-state index contributed by atoms with van der Waals surface area (Å²) in [5.41, 5.74) is 0.616. The van der Waals surface area contributed by atoms with Gasteiger partial charge in [0.1, 0.15) is 0 Å². The van der Waals surface area contributed by atoms with Gasteiger partial charge >= 0.3 is 0 Å². The molecule has 0 spiro atoms. The number of carbonyl (C=O) groups excluding carboxylic acids is 1. The second kappa shape index (κ2) is 5.00. The fourth-order valence-electron chi connectivity index (χ4n) is 1.27. The van der Waals surface area contributed by atoms with E-state index in [1.54, 1.807) is 18.2 Å². The van der Waals surface area contributed by atoms with Gasteiger partial charge < -0.3 is 0 Å². The molecule has 0 aliphatic rings. The Morgan fingerprint density at radius 1 is 1.19 bits per heavy atom. The van der Waals surface area contributed by atoms with Gasteiger partial charge in [-0.05, 0) is 29.6 Å². The monoisotopic (exact) mass is 378 g/mol. The van der Waals surface area contributed by atoms with Crippen LogP contribution >= 0.6 is 54.8 Å². The summed E-state index contributed by atoms with van der Waals surface area (Å²) in [5.74, 6) is -0.0537. The molecule has 0 amide bonds. The van der Waals surface area contributed by atoms with Gasteiger partial charge in [-0.25, -0.2) is 0 Å². The lowest BCUT2D eigenvalue weighted by Crippen LogP contribution is -1.99. The van der Waals surface area contributed by atoms with Crippen molar-refractivity contribution in [2.75, 3.05) is 0 Å². The Morgan fingerprint density at radius 2 is 1.81 bits per heavy atom. The molecule has 1 aromatic carbocycles. The summed E-state index contributed by atoms with van der Waals surface area (Å²) in [5, 5.41) is 2.31. The van der Waals surface area contributed by atoms with Crippen LogP contribution in [0.2, 0.25) is 5.02 Å². The summed E-state index contributed by atoms with van der Waals surface area (Å²) in [6.07, 6.45) is 0. The van der Waals surface area contributed by atoms with E-state index in [2.05, 4.69) is 31.9 Å². The Morgan fingerprint density at radius 3 is 2.31 bits per heavy atom. The van der Waals surface area contributed by atoms with E-state index >= 15 is 0 Å². The van der Waals surface area contributed by atoms with Crippen molar-refractivity contribution in [1.82, 2.24) is 0 Å². The van der Waals surface area contributed by atoms with E-state index in [9.17, 15) is 4.79 Å². The summed E-state index contributed by atoms with van der Waals surface area (Å²) in [6, 6.07) is 7.17. The third kappa shape index (κ3) is 2.56. The molecule has 2 rings (SSSR count). The first kappa shape index (κ1) is 12.3. The molecule has 16 heavy (non-hydrogen) atoms. The first-order valence-corrected chi connectivity index (χ1v) is 7.16. The molecule has 1 aromatic heterocycles. The van der Waals surface area contributed by atoms with Crippen LogP contribution in [0.4, 0.5) is 0 Å². The van der Waals surface area contributed by atoms with E-state index in [0.717, 1.165) is 8.95 Å². The number of halogens is 3. The van der Waals surface area contributed by atoms with Gasteiger partial charge in [0.25, 0.3) is 0 Å². The van der Waals surface area contributed by atoms with Crippen LogP contribution < -0.4 is 0 Å². The zero-order chi connectivity index (χ0) is 11.7. The average molecular weight is 380 g/mol. The molecule has 1 nitrogen and oxygen atoms in total. The molecular weight excluding hydrogens is 375 g/mol. The maximum Gasteiger partial charge on any atom is 0.204 e. The molecule has 0 fully saturated rings. The highest BCUT2D eigenvalue weighted by molar-refractivity contribution is 9.11. The Labute approximate surface area is 119 Å². The predicted molar refractivity (Wildman–Crippen MR) is 74.6 cm³/mol. The Kier molecular flexibility index (Phi) is 3.85. The molecule has 0 aliphatic heterocycles. The van der Waals surface area contributed by atoms with Crippen molar-refractivity contribution in [2.45, 2.75) is 0 Å². The molecule has 1 heterocycles. The smallest absolute Gasteiger partial charge is 0.204 e. The van der Waals surface area contributed by atoms with Crippen LogP contribution in [0.15, 0.2) is 38.6 Å². The first-order valence-electron chi connectivity index (χ1n) is 4.31. The van der Waals surface area contributed by atoms with E-state index in [1.807, 2.05) is 11.4 Å². The normalized spacial score (nSPS) is 10.4. The zero-order valence-corrected chi connectivity index (χ0v) is 12.6. The molecule has 0 saturated carbocycles. The zero-order valence-electron chi connectivity index (χ0n) is 7.84. The third-order valence-corrected chi connectivity index (χ3v) is 4.20. The van der Waals surface area contributed by atoms with Crippen LogP contribution in [0.3, 0.4) is 0 Å². The number of thiophene rings is 1. The molecule has 0 N–H and O–H groups in total. The fraction of sp³-hybridized carbons (Fsp3) is 0. The summed E-state index contributed by atoms with van der Waals surface area (Å²) in [6.45, 7) is 0. The Balaban J connectivity index is 2.45. The molecule has 5 heteroatoms. The van der Waals surface area contributed by atoms with E-state index in [4.69, 9.17) is 11.6 Å². The highest BCUT2D eigenvalue weighted by atomic mass is 79.9.